The molecule has 2 aromatic heterocycles. The standard InChI is InChI=1S/C8H8BrClN3O3.C5H3BrFN2O3/c9-6-3-5(13(15)16)7(8(10)12(6)14)11-4-1-2-4;6-5-1-4(9(11)12)3(7)2-8(5)10/h3-4,11,14H,1-2H2;1-2,10H/q2*+1. The van der Waals surface area contributed by atoms with Gasteiger partial charge in [-0.25, -0.2) is 0 Å². The average Bonchev–Trinajstić information content (AvgIpc) is 3.42. The van der Waals surface area contributed by atoms with Crippen LogP contribution in [0.2, 0.25) is 5.15 Å². The van der Waals surface area contributed by atoms with Crippen molar-refractivity contribution in [2.45, 2.75) is 18.9 Å². The number of pyridine rings is 2. The number of rotatable bonds is 4. The van der Waals surface area contributed by atoms with Crippen LogP contribution in [-0.2, 0) is 0 Å². The molecule has 1 aliphatic rings. The lowest BCUT2D eigenvalue weighted by Crippen LogP contribution is -2.34. The first-order valence-corrected chi connectivity index (χ1v) is 9.27. The van der Waals surface area contributed by atoms with Crippen molar-refractivity contribution >= 4 is 60.5 Å². The van der Waals surface area contributed by atoms with E-state index < -0.39 is 21.4 Å². The minimum Gasteiger partial charge on any atom is -0.370 e. The maximum Gasteiger partial charge on any atom is 0.356 e. The molecule has 3 N–H and O–H groups in total. The molecule has 1 fully saturated rings. The normalized spacial score (nSPS) is 12.7. The summed E-state index contributed by atoms with van der Waals surface area (Å²) in [5.41, 5.74) is -0.693. The molecule has 11 nitrogen and oxygen atoms in total. The molecule has 28 heavy (non-hydrogen) atoms. The van der Waals surface area contributed by atoms with Crippen LogP contribution in [0.4, 0.5) is 21.5 Å². The number of nitro groups is 2. The van der Waals surface area contributed by atoms with Gasteiger partial charge in [0.25, 0.3) is 12.0 Å². The fourth-order valence-corrected chi connectivity index (χ4v) is 2.94. The summed E-state index contributed by atoms with van der Waals surface area (Å²) in [6, 6.07) is 2.28. The van der Waals surface area contributed by atoms with E-state index in [-0.39, 0.29) is 31.8 Å². The average molecular weight is 548 g/mol. The Morgan fingerprint density at radius 2 is 1.68 bits per heavy atom. The minimum absolute atomic E-state index is 0.00981. The second kappa shape index (κ2) is 8.79. The molecule has 1 aliphatic carbocycles. The number of nitrogens with one attached hydrogen (secondary N) is 1. The lowest BCUT2D eigenvalue weighted by molar-refractivity contribution is -0.914. The fraction of sp³-hybridized carbons (Fsp3) is 0.231. The van der Waals surface area contributed by atoms with Gasteiger partial charge < -0.3 is 5.32 Å². The number of halogens is 4. The van der Waals surface area contributed by atoms with Crippen molar-refractivity contribution in [1.29, 1.82) is 0 Å². The zero-order valence-electron chi connectivity index (χ0n) is 13.6. The van der Waals surface area contributed by atoms with Crippen LogP contribution in [0.15, 0.2) is 27.5 Å². The van der Waals surface area contributed by atoms with E-state index >= 15 is 0 Å². The van der Waals surface area contributed by atoms with Crippen molar-refractivity contribution in [3.8, 4) is 0 Å². The second-order valence-electron chi connectivity index (χ2n) is 5.44. The molecule has 15 heteroatoms. The molecular formula is C13H11Br2ClFN5O6+2. The molecule has 3 rings (SSSR count). The molecule has 0 saturated heterocycles. The Balaban J connectivity index is 0.000000209. The molecule has 0 bridgehead atoms. The molecule has 0 amide bonds. The highest BCUT2D eigenvalue weighted by Gasteiger charge is 2.33. The van der Waals surface area contributed by atoms with Gasteiger partial charge in [-0.2, -0.15) is 4.39 Å². The molecule has 2 heterocycles. The van der Waals surface area contributed by atoms with Gasteiger partial charge in [0.2, 0.25) is 5.69 Å². The number of hydrogen-bond donors (Lipinski definition) is 3. The van der Waals surface area contributed by atoms with Gasteiger partial charge in [-0.3, -0.25) is 30.6 Å². The summed E-state index contributed by atoms with van der Waals surface area (Å²) in [4.78, 5) is 19.6. The van der Waals surface area contributed by atoms with Gasteiger partial charge in [0.1, 0.15) is 12.1 Å². The first kappa shape index (κ1) is 22.0. The third-order valence-electron chi connectivity index (χ3n) is 3.38. The Morgan fingerprint density at radius 1 is 1.14 bits per heavy atom. The van der Waals surface area contributed by atoms with Crippen molar-refractivity contribution in [2.24, 2.45) is 0 Å². The summed E-state index contributed by atoms with van der Waals surface area (Å²) >= 11 is 11.6. The van der Waals surface area contributed by atoms with Crippen molar-refractivity contribution in [2.75, 3.05) is 5.32 Å². The lowest BCUT2D eigenvalue weighted by Gasteiger charge is -2.04. The Kier molecular flexibility index (Phi) is 6.90. The summed E-state index contributed by atoms with van der Waals surface area (Å²) in [6.45, 7) is 0. The zero-order valence-corrected chi connectivity index (χ0v) is 17.5. The predicted molar refractivity (Wildman–Crippen MR) is 98.0 cm³/mol. The molecule has 150 valence electrons. The van der Waals surface area contributed by atoms with Gasteiger partial charge in [-0.15, -0.1) is 0 Å². The highest BCUT2D eigenvalue weighted by atomic mass is 79.9. The maximum absolute atomic E-state index is 12.6. The SMILES string of the molecule is O=[N+]([O-])c1cc(Br)[n+](O)c(Cl)c1NC1CC1.O=[N+]([O-])c1cc(Br)[n+](O)cc1F. The van der Waals surface area contributed by atoms with Crippen LogP contribution in [0.5, 0.6) is 0 Å². The molecular weight excluding hydrogens is 536 g/mol. The van der Waals surface area contributed by atoms with Gasteiger partial charge in [0, 0.05) is 47.4 Å². The van der Waals surface area contributed by atoms with Crippen molar-refractivity contribution in [1.82, 2.24) is 0 Å². The second-order valence-corrected chi connectivity index (χ2v) is 7.42. The molecule has 2 aromatic rings. The summed E-state index contributed by atoms with van der Waals surface area (Å²) in [7, 11) is 0. The monoisotopic (exact) mass is 545 g/mol. The summed E-state index contributed by atoms with van der Waals surface area (Å²) in [5, 5.41) is 42.1. The molecule has 0 radical (unpaired) electrons. The Bertz CT molecular complexity index is 962. The largest absolute Gasteiger partial charge is 0.370 e. The highest BCUT2D eigenvalue weighted by molar-refractivity contribution is 9.10. The summed E-state index contributed by atoms with van der Waals surface area (Å²) in [6.07, 6.45) is 2.51. The van der Waals surface area contributed by atoms with Gasteiger partial charge in [0.05, 0.1) is 9.85 Å². The first-order chi connectivity index (χ1) is 13.0. The summed E-state index contributed by atoms with van der Waals surface area (Å²) in [5.74, 6) is -1.09. The number of nitrogens with zero attached hydrogens (tertiary/aromatic N) is 4. The van der Waals surface area contributed by atoms with E-state index in [4.69, 9.17) is 16.8 Å². The topological polar surface area (TPSA) is 147 Å². The van der Waals surface area contributed by atoms with E-state index in [2.05, 4.69) is 37.2 Å². The molecule has 0 atom stereocenters. The predicted octanol–water partition coefficient (Wildman–Crippen LogP) is 3.13. The van der Waals surface area contributed by atoms with Crippen LogP contribution in [-0.4, -0.2) is 26.3 Å². The molecule has 1 saturated carbocycles. The third kappa shape index (κ3) is 5.14. The Hall–Kier alpha value is -2.32. The van der Waals surface area contributed by atoms with Crippen LogP contribution >= 0.6 is 43.5 Å². The fourth-order valence-electron chi connectivity index (χ4n) is 1.88. The van der Waals surface area contributed by atoms with E-state index in [9.17, 15) is 29.8 Å². The smallest absolute Gasteiger partial charge is 0.356 e. The van der Waals surface area contributed by atoms with Crippen molar-refractivity contribution in [3.63, 3.8) is 0 Å². The van der Waals surface area contributed by atoms with E-state index in [1.807, 2.05) is 0 Å². The summed E-state index contributed by atoms with van der Waals surface area (Å²) < 4.78 is 13.8. The maximum atomic E-state index is 12.6. The van der Waals surface area contributed by atoms with Crippen molar-refractivity contribution in [3.05, 3.63) is 58.7 Å². The number of anilines is 1. The van der Waals surface area contributed by atoms with Gasteiger partial charge in [0.15, 0.2) is 0 Å². The number of aromatic nitrogens is 2. The van der Waals surface area contributed by atoms with E-state index in [1.165, 1.54) is 6.07 Å². The van der Waals surface area contributed by atoms with Crippen LogP contribution < -0.4 is 14.8 Å². The third-order valence-corrected chi connectivity index (χ3v) is 4.89. The van der Waals surface area contributed by atoms with Crippen LogP contribution in [0, 0.1) is 26.0 Å². The Labute approximate surface area is 177 Å². The van der Waals surface area contributed by atoms with Crippen LogP contribution in [0.25, 0.3) is 0 Å². The van der Waals surface area contributed by atoms with Crippen molar-refractivity contribution < 1.29 is 34.1 Å². The molecule has 0 spiro atoms. The molecule has 0 aliphatic heterocycles. The van der Waals surface area contributed by atoms with E-state index in [1.54, 1.807) is 0 Å². The lowest BCUT2D eigenvalue weighted by atomic mass is 10.3. The first-order valence-electron chi connectivity index (χ1n) is 7.31. The quantitative estimate of drug-likeness (QED) is 0.175. The van der Waals surface area contributed by atoms with Crippen LogP contribution in [0.3, 0.4) is 0 Å². The van der Waals surface area contributed by atoms with Gasteiger partial charge in [-0.1, -0.05) is 0 Å². The highest BCUT2D eigenvalue weighted by Crippen LogP contribution is 2.35. The minimum atomic E-state index is -1.09. The van der Waals surface area contributed by atoms with E-state index in [0.29, 0.717) is 15.7 Å². The zero-order chi connectivity index (χ0) is 21.2. The van der Waals surface area contributed by atoms with Gasteiger partial charge >= 0.3 is 25.7 Å². The molecule has 0 unspecified atom stereocenters. The van der Waals surface area contributed by atoms with Crippen LogP contribution in [0.1, 0.15) is 12.8 Å². The Morgan fingerprint density at radius 3 is 2.18 bits per heavy atom. The van der Waals surface area contributed by atoms with Gasteiger partial charge in [-0.05, 0) is 24.4 Å². The van der Waals surface area contributed by atoms with E-state index in [0.717, 1.165) is 18.9 Å². The molecule has 0 aromatic carbocycles. The number of hydrogen-bond acceptors (Lipinski definition) is 7.